The van der Waals surface area contributed by atoms with Crippen LogP contribution in [-0.4, -0.2) is 88.1 Å². The first kappa shape index (κ1) is 32.6. The molecule has 0 aliphatic carbocycles. The summed E-state index contributed by atoms with van der Waals surface area (Å²) in [6.07, 6.45) is -2.36. The van der Waals surface area contributed by atoms with Crippen LogP contribution >= 0.6 is 11.6 Å². The number of piperazine rings is 1. The third-order valence-electron chi connectivity index (χ3n) is 7.60. The van der Waals surface area contributed by atoms with E-state index in [2.05, 4.69) is 43.0 Å². The molecule has 3 aromatic rings. The van der Waals surface area contributed by atoms with Crippen LogP contribution in [-0.2, 0) is 17.4 Å². The summed E-state index contributed by atoms with van der Waals surface area (Å²) in [5.41, 5.74) is 2.71. The van der Waals surface area contributed by atoms with Crippen LogP contribution in [0.5, 0.6) is 0 Å². The number of benzene rings is 1. The minimum atomic E-state index is -5.08. The molecule has 4 heterocycles. The molecule has 0 saturated carbocycles. The van der Waals surface area contributed by atoms with Crippen molar-refractivity contribution in [3.05, 3.63) is 40.3 Å². The highest BCUT2D eigenvalue weighted by Crippen LogP contribution is 2.37. The summed E-state index contributed by atoms with van der Waals surface area (Å²) in [7, 11) is 0. The number of aliphatic carboxylic acids is 1. The van der Waals surface area contributed by atoms with Crippen LogP contribution in [0.4, 0.5) is 37.8 Å². The molecule has 9 nitrogen and oxygen atoms in total. The smallest absolute Gasteiger partial charge is 0.475 e. The molecule has 16 heteroatoms. The number of carboxylic acid groups (broad SMARTS) is 1. The number of halogens is 7. The van der Waals surface area contributed by atoms with E-state index in [0.717, 1.165) is 30.1 Å². The first-order valence-corrected chi connectivity index (χ1v) is 14.2. The first-order chi connectivity index (χ1) is 20.3. The average molecular weight is 636 g/mol. The maximum absolute atomic E-state index is 13.5. The number of piperidine rings is 1. The number of hydrogen-bond donors (Lipinski definition) is 2. The molecule has 0 unspecified atom stereocenters. The minimum absolute atomic E-state index is 0.0228. The monoisotopic (exact) mass is 635 g/mol. The van der Waals surface area contributed by atoms with Gasteiger partial charge in [-0.1, -0.05) is 18.0 Å². The number of nitrogens with zero attached hydrogens (tertiary/aromatic N) is 6. The number of likely N-dealkylation sites (tertiary alicyclic amines) is 1. The van der Waals surface area contributed by atoms with Gasteiger partial charge >= 0.3 is 18.3 Å². The van der Waals surface area contributed by atoms with Crippen molar-refractivity contribution in [2.45, 2.75) is 51.4 Å². The highest BCUT2D eigenvalue weighted by molar-refractivity contribution is 6.31. The Kier molecular flexibility index (Phi) is 10.3. The molecular formula is C27H32ClF6N7O2. The molecule has 1 aromatic carbocycles. The van der Waals surface area contributed by atoms with E-state index in [4.69, 9.17) is 21.5 Å². The van der Waals surface area contributed by atoms with Gasteiger partial charge in [0.05, 0.1) is 5.39 Å². The maximum Gasteiger partial charge on any atom is 0.490 e. The predicted octanol–water partition coefficient (Wildman–Crippen LogP) is 5.71. The fourth-order valence-corrected chi connectivity index (χ4v) is 5.66. The Balaban J connectivity index is 0.000000541. The zero-order chi connectivity index (χ0) is 31.4. The number of rotatable bonds is 6. The van der Waals surface area contributed by atoms with Gasteiger partial charge < -0.3 is 19.8 Å². The highest BCUT2D eigenvalue weighted by Gasteiger charge is 2.39. The van der Waals surface area contributed by atoms with Crippen molar-refractivity contribution in [3.8, 4) is 0 Å². The summed E-state index contributed by atoms with van der Waals surface area (Å²) < 4.78 is 72.3. The lowest BCUT2D eigenvalue weighted by Gasteiger charge is -2.38. The summed E-state index contributed by atoms with van der Waals surface area (Å²) in [4.78, 5) is 23.7. The van der Waals surface area contributed by atoms with E-state index in [1.165, 1.54) is 49.8 Å². The van der Waals surface area contributed by atoms with Crippen molar-refractivity contribution in [2.75, 3.05) is 55.6 Å². The quantitative estimate of drug-likeness (QED) is 0.332. The molecular weight excluding hydrogens is 604 g/mol. The van der Waals surface area contributed by atoms with E-state index in [1.807, 2.05) is 11.0 Å². The van der Waals surface area contributed by atoms with Crippen LogP contribution in [0.1, 0.15) is 42.5 Å². The van der Waals surface area contributed by atoms with E-state index in [1.54, 1.807) is 0 Å². The number of aryl methyl sites for hydroxylation is 1. The summed E-state index contributed by atoms with van der Waals surface area (Å²) in [5.74, 6) is -2.49. The number of carboxylic acids is 1. The SMILES string of the molecule is Cc1c(CCCN2CCCCC2)cc(Cl)cc1N1CCN(c2ncnc3n[nH]c(C(F)(F)F)c23)CC1.O=C(O)C(F)(F)F. The van der Waals surface area contributed by atoms with Crippen LogP contribution in [0.2, 0.25) is 5.02 Å². The Labute approximate surface area is 248 Å². The van der Waals surface area contributed by atoms with Crippen molar-refractivity contribution in [1.82, 2.24) is 25.1 Å². The van der Waals surface area contributed by atoms with Crippen LogP contribution in [0.25, 0.3) is 11.0 Å². The molecule has 2 aliphatic heterocycles. The third kappa shape index (κ3) is 8.19. The Bertz CT molecular complexity index is 1400. The minimum Gasteiger partial charge on any atom is -0.475 e. The number of nitrogens with one attached hydrogen (secondary N) is 1. The van der Waals surface area contributed by atoms with Gasteiger partial charge in [0.15, 0.2) is 11.3 Å². The van der Waals surface area contributed by atoms with E-state index < -0.39 is 24.0 Å². The number of alkyl halides is 6. The van der Waals surface area contributed by atoms with Gasteiger partial charge in [0.1, 0.15) is 12.1 Å². The highest BCUT2D eigenvalue weighted by atomic mass is 35.5. The number of anilines is 2. The first-order valence-electron chi connectivity index (χ1n) is 13.8. The van der Waals surface area contributed by atoms with Crippen LogP contribution in [0, 0.1) is 6.92 Å². The molecule has 0 bridgehead atoms. The summed E-state index contributed by atoms with van der Waals surface area (Å²) in [6.45, 7) is 8.02. The summed E-state index contributed by atoms with van der Waals surface area (Å²) in [6, 6.07) is 4.07. The van der Waals surface area contributed by atoms with Gasteiger partial charge in [0.25, 0.3) is 0 Å². The third-order valence-corrected chi connectivity index (χ3v) is 7.82. The van der Waals surface area contributed by atoms with Crippen LogP contribution < -0.4 is 9.80 Å². The fourth-order valence-electron chi connectivity index (χ4n) is 5.43. The van der Waals surface area contributed by atoms with Gasteiger partial charge in [0.2, 0.25) is 0 Å². The second-order valence-corrected chi connectivity index (χ2v) is 10.9. The van der Waals surface area contributed by atoms with Gasteiger partial charge in [-0.25, -0.2) is 14.8 Å². The molecule has 0 radical (unpaired) electrons. The zero-order valence-electron chi connectivity index (χ0n) is 23.4. The van der Waals surface area contributed by atoms with E-state index in [0.29, 0.717) is 26.2 Å². The Morgan fingerprint density at radius 3 is 2.21 bits per heavy atom. The number of aromatic amines is 1. The zero-order valence-corrected chi connectivity index (χ0v) is 24.2. The fraction of sp³-hybridized carbons (Fsp3) is 0.556. The van der Waals surface area contributed by atoms with Gasteiger partial charge in [-0.3, -0.25) is 5.10 Å². The molecule has 2 fully saturated rings. The molecule has 236 valence electrons. The maximum atomic E-state index is 13.5. The van der Waals surface area contributed by atoms with Crippen molar-refractivity contribution in [2.24, 2.45) is 0 Å². The number of hydrogen-bond acceptors (Lipinski definition) is 7. The van der Waals surface area contributed by atoms with Crippen molar-refractivity contribution >= 4 is 40.1 Å². The largest absolute Gasteiger partial charge is 0.490 e. The Hall–Kier alpha value is -3.33. The molecule has 43 heavy (non-hydrogen) atoms. The second-order valence-electron chi connectivity index (χ2n) is 10.5. The molecule has 0 spiro atoms. The molecule has 2 aliphatic rings. The summed E-state index contributed by atoms with van der Waals surface area (Å²) >= 11 is 6.52. The standard InChI is InChI=1S/C25H31ClF3N7.C2HF3O2/c1-17-18(6-5-9-34-7-3-2-4-8-34)14-19(26)15-20(17)35-10-12-36(13-11-35)24-21-22(25(27,28)29)32-33-23(21)30-16-31-24;3-2(4,5)1(6)7/h14-16H,2-13H2,1H3,(H,30,31,32,33);(H,6,7). The van der Waals surface area contributed by atoms with Gasteiger partial charge in [0, 0.05) is 36.9 Å². The second kappa shape index (κ2) is 13.5. The van der Waals surface area contributed by atoms with Crippen molar-refractivity contribution < 1.29 is 36.2 Å². The van der Waals surface area contributed by atoms with E-state index >= 15 is 0 Å². The Morgan fingerprint density at radius 1 is 0.977 bits per heavy atom. The van der Waals surface area contributed by atoms with E-state index in [-0.39, 0.29) is 16.9 Å². The molecule has 2 aromatic heterocycles. The average Bonchev–Trinajstić information content (AvgIpc) is 3.41. The van der Waals surface area contributed by atoms with Crippen molar-refractivity contribution in [3.63, 3.8) is 0 Å². The number of fused-ring (bicyclic) bond motifs is 1. The number of aromatic nitrogens is 4. The van der Waals surface area contributed by atoms with Gasteiger partial charge in [-0.15, -0.1) is 0 Å². The molecule has 0 amide bonds. The van der Waals surface area contributed by atoms with Crippen LogP contribution in [0.15, 0.2) is 18.5 Å². The lowest BCUT2D eigenvalue weighted by atomic mass is 10.0. The van der Waals surface area contributed by atoms with Gasteiger partial charge in [-0.05, 0) is 75.5 Å². The predicted molar refractivity (Wildman–Crippen MR) is 150 cm³/mol. The van der Waals surface area contributed by atoms with Crippen molar-refractivity contribution in [1.29, 1.82) is 0 Å². The lowest BCUT2D eigenvalue weighted by molar-refractivity contribution is -0.192. The number of carbonyl (C=O) groups is 1. The summed E-state index contributed by atoms with van der Waals surface area (Å²) in [5, 5.41) is 13.6. The number of H-pyrrole nitrogens is 1. The normalized spacial score (nSPS) is 16.7. The van der Waals surface area contributed by atoms with Gasteiger partial charge in [-0.2, -0.15) is 31.4 Å². The topological polar surface area (TPSA) is 101 Å². The molecule has 2 N–H and O–H groups in total. The molecule has 0 atom stereocenters. The molecule has 5 rings (SSSR count). The Morgan fingerprint density at radius 2 is 1.60 bits per heavy atom. The van der Waals surface area contributed by atoms with Crippen LogP contribution in [0.3, 0.4) is 0 Å². The molecule has 2 saturated heterocycles. The lowest BCUT2D eigenvalue weighted by Crippen LogP contribution is -2.47. The van der Waals surface area contributed by atoms with E-state index in [9.17, 15) is 26.3 Å².